The van der Waals surface area contributed by atoms with Crippen molar-refractivity contribution < 1.29 is 9.32 Å². The quantitative estimate of drug-likeness (QED) is 0.733. The Labute approximate surface area is 145 Å². The van der Waals surface area contributed by atoms with Crippen LogP contribution in [-0.4, -0.2) is 32.5 Å². The van der Waals surface area contributed by atoms with Gasteiger partial charge in [-0.15, -0.1) is 0 Å². The van der Waals surface area contributed by atoms with Crippen molar-refractivity contribution in [2.45, 2.75) is 25.3 Å². The normalized spacial score (nSPS) is 17.0. The molecule has 0 bridgehead atoms. The van der Waals surface area contributed by atoms with Gasteiger partial charge >= 0.3 is 0 Å². The minimum atomic E-state index is -0.144. The number of likely N-dealkylation sites (tertiary alicyclic amines) is 1. The Morgan fingerprint density at radius 1 is 1.20 bits per heavy atom. The molecule has 1 fully saturated rings. The summed E-state index contributed by atoms with van der Waals surface area (Å²) < 4.78 is 5.47. The van der Waals surface area contributed by atoms with Crippen LogP contribution in [0.5, 0.6) is 0 Å². The lowest BCUT2D eigenvalue weighted by Crippen LogP contribution is -2.32. The van der Waals surface area contributed by atoms with E-state index in [1.165, 1.54) is 0 Å². The van der Waals surface area contributed by atoms with Crippen LogP contribution in [0, 0.1) is 0 Å². The third-order valence-corrected chi connectivity index (χ3v) is 4.41. The van der Waals surface area contributed by atoms with Crippen molar-refractivity contribution in [3.63, 3.8) is 0 Å². The Kier molecular flexibility index (Phi) is 4.24. The highest BCUT2D eigenvalue weighted by Crippen LogP contribution is 2.32. The molecular weight excluding hydrogens is 316 g/mol. The summed E-state index contributed by atoms with van der Waals surface area (Å²) in [6.07, 6.45) is 5.55. The lowest BCUT2D eigenvalue weighted by molar-refractivity contribution is -0.131. The van der Waals surface area contributed by atoms with E-state index in [1.54, 1.807) is 12.4 Å². The first-order valence-corrected chi connectivity index (χ1v) is 8.38. The van der Waals surface area contributed by atoms with E-state index >= 15 is 0 Å². The van der Waals surface area contributed by atoms with Crippen molar-refractivity contribution in [2.24, 2.45) is 0 Å². The molecule has 1 aliphatic rings. The highest BCUT2D eigenvalue weighted by Gasteiger charge is 2.34. The van der Waals surface area contributed by atoms with Crippen LogP contribution < -0.4 is 0 Å². The van der Waals surface area contributed by atoms with Crippen molar-refractivity contribution in [1.82, 2.24) is 20.0 Å². The molecule has 0 aliphatic carbocycles. The number of hydrogen-bond acceptors (Lipinski definition) is 5. The number of aromatic nitrogens is 3. The lowest BCUT2D eigenvalue weighted by Gasteiger charge is -2.21. The largest absolute Gasteiger partial charge is 0.337 e. The van der Waals surface area contributed by atoms with Crippen LogP contribution in [0.1, 0.15) is 30.3 Å². The summed E-state index contributed by atoms with van der Waals surface area (Å²) in [5, 5.41) is 4.07. The lowest BCUT2D eigenvalue weighted by atomic mass is 10.1. The van der Waals surface area contributed by atoms with E-state index in [1.807, 2.05) is 47.4 Å². The minimum Gasteiger partial charge on any atom is -0.337 e. The number of benzene rings is 1. The van der Waals surface area contributed by atoms with Crippen molar-refractivity contribution in [3.05, 3.63) is 66.3 Å². The summed E-state index contributed by atoms with van der Waals surface area (Å²) in [5.74, 6) is 1.13. The van der Waals surface area contributed by atoms with Gasteiger partial charge in [-0.25, -0.2) is 0 Å². The maximum absolute atomic E-state index is 12.7. The van der Waals surface area contributed by atoms with Crippen molar-refractivity contribution in [1.29, 1.82) is 0 Å². The number of hydrogen-bond donors (Lipinski definition) is 0. The monoisotopic (exact) mass is 334 g/mol. The molecule has 3 heterocycles. The van der Waals surface area contributed by atoms with Gasteiger partial charge in [0.05, 0.1) is 6.42 Å². The van der Waals surface area contributed by atoms with Gasteiger partial charge in [0.1, 0.15) is 6.04 Å². The predicted molar refractivity (Wildman–Crippen MR) is 91.4 cm³/mol. The summed E-state index contributed by atoms with van der Waals surface area (Å²) >= 11 is 0. The number of carbonyl (C=O) groups excluding carboxylic acids is 1. The molecule has 126 valence electrons. The average Bonchev–Trinajstić information content (AvgIpc) is 3.32. The van der Waals surface area contributed by atoms with Crippen LogP contribution in [0.25, 0.3) is 11.4 Å². The fraction of sp³-hybridized carbons (Fsp3) is 0.263. The molecule has 1 aliphatic heterocycles. The van der Waals surface area contributed by atoms with Crippen molar-refractivity contribution in [3.8, 4) is 11.4 Å². The first kappa shape index (κ1) is 15.5. The maximum atomic E-state index is 12.7. The molecule has 1 unspecified atom stereocenters. The topological polar surface area (TPSA) is 72.1 Å². The molecule has 4 rings (SSSR count). The van der Waals surface area contributed by atoms with Crippen LogP contribution >= 0.6 is 0 Å². The van der Waals surface area contributed by atoms with E-state index < -0.39 is 0 Å². The molecule has 0 saturated carbocycles. The molecule has 3 aromatic rings. The predicted octanol–water partition coefficient (Wildman–Crippen LogP) is 3.04. The van der Waals surface area contributed by atoms with E-state index in [9.17, 15) is 4.79 Å². The molecule has 0 spiro atoms. The standard InChI is InChI=1S/C19H18N4O2/c24-17(12-14-6-4-10-20-13-14)23-11-5-9-16(23)19-21-18(22-25-19)15-7-2-1-3-8-15/h1-4,6-8,10,13,16H,5,9,11-12H2. The van der Waals surface area contributed by atoms with Gasteiger partial charge in [-0.1, -0.05) is 41.6 Å². The van der Waals surface area contributed by atoms with Gasteiger partial charge in [0.25, 0.3) is 0 Å². The van der Waals surface area contributed by atoms with E-state index in [0.717, 1.165) is 24.0 Å². The third-order valence-electron chi connectivity index (χ3n) is 4.41. The Balaban J connectivity index is 1.52. The molecule has 2 aromatic heterocycles. The minimum absolute atomic E-state index is 0.0648. The second kappa shape index (κ2) is 6.84. The van der Waals surface area contributed by atoms with Gasteiger partial charge in [0.15, 0.2) is 0 Å². The Morgan fingerprint density at radius 3 is 2.88 bits per heavy atom. The zero-order valence-electron chi connectivity index (χ0n) is 13.7. The van der Waals surface area contributed by atoms with Gasteiger partial charge in [-0.3, -0.25) is 9.78 Å². The Hall–Kier alpha value is -3.02. The van der Waals surface area contributed by atoms with Crippen molar-refractivity contribution >= 4 is 5.91 Å². The van der Waals surface area contributed by atoms with Gasteiger partial charge in [-0.05, 0) is 24.5 Å². The van der Waals surface area contributed by atoms with E-state index in [-0.39, 0.29) is 11.9 Å². The van der Waals surface area contributed by atoms with E-state index in [4.69, 9.17) is 4.52 Å². The van der Waals surface area contributed by atoms with Gasteiger partial charge < -0.3 is 9.42 Å². The zero-order chi connectivity index (χ0) is 17.1. The second-order valence-corrected chi connectivity index (χ2v) is 6.11. The Bertz CT molecular complexity index is 848. The molecule has 1 amide bonds. The first-order valence-electron chi connectivity index (χ1n) is 8.38. The molecule has 1 atom stereocenters. The van der Waals surface area contributed by atoms with E-state index in [0.29, 0.717) is 24.7 Å². The highest BCUT2D eigenvalue weighted by atomic mass is 16.5. The average molecular weight is 334 g/mol. The molecule has 1 saturated heterocycles. The third kappa shape index (κ3) is 3.28. The number of rotatable bonds is 4. The number of pyridine rings is 1. The van der Waals surface area contributed by atoms with Crippen LogP contribution in [0.2, 0.25) is 0 Å². The summed E-state index contributed by atoms with van der Waals surface area (Å²) in [5.41, 5.74) is 1.82. The molecule has 0 radical (unpaired) electrons. The van der Waals surface area contributed by atoms with Crippen LogP contribution in [0.15, 0.2) is 59.4 Å². The highest BCUT2D eigenvalue weighted by molar-refractivity contribution is 5.79. The zero-order valence-corrected chi connectivity index (χ0v) is 13.7. The fourth-order valence-electron chi connectivity index (χ4n) is 3.18. The molecule has 6 heteroatoms. The smallest absolute Gasteiger partial charge is 0.249 e. The SMILES string of the molecule is O=C(Cc1cccnc1)N1CCCC1c1nc(-c2ccccc2)no1. The molecular formula is C19H18N4O2. The number of nitrogens with zero attached hydrogens (tertiary/aromatic N) is 4. The summed E-state index contributed by atoms with van der Waals surface area (Å²) in [7, 11) is 0. The van der Waals surface area contributed by atoms with Crippen LogP contribution in [0.4, 0.5) is 0 Å². The van der Waals surface area contributed by atoms with Gasteiger partial charge in [0, 0.05) is 24.5 Å². The molecule has 1 aromatic carbocycles. The second-order valence-electron chi connectivity index (χ2n) is 6.11. The number of amides is 1. The summed E-state index contributed by atoms with van der Waals surface area (Å²) in [6, 6.07) is 13.3. The van der Waals surface area contributed by atoms with Gasteiger partial charge in [-0.2, -0.15) is 4.98 Å². The molecule has 6 nitrogen and oxygen atoms in total. The fourth-order valence-corrected chi connectivity index (χ4v) is 3.18. The van der Waals surface area contributed by atoms with Crippen LogP contribution in [-0.2, 0) is 11.2 Å². The maximum Gasteiger partial charge on any atom is 0.249 e. The Morgan fingerprint density at radius 2 is 2.08 bits per heavy atom. The summed E-state index contributed by atoms with van der Waals surface area (Å²) in [6.45, 7) is 0.715. The van der Waals surface area contributed by atoms with Crippen LogP contribution in [0.3, 0.4) is 0 Å². The van der Waals surface area contributed by atoms with Gasteiger partial charge in [0.2, 0.25) is 17.6 Å². The number of carbonyl (C=O) groups is 1. The van der Waals surface area contributed by atoms with E-state index in [2.05, 4.69) is 15.1 Å². The molecule has 25 heavy (non-hydrogen) atoms. The van der Waals surface area contributed by atoms with Crippen molar-refractivity contribution in [2.75, 3.05) is 6.54 Å². The molecule has 0 N–H and O–H groups in total. The summed E-state index contributed by atoms with van der Waals surface area (Å²) in [4.78, 5) is 23.1. The first-order chi connectivity index (χ1) is 12.3.